The van der Waals surface area contributed by atoms with Crippen molar-refractivity contribution in [3.05, 3.63) is 66.7 Å². The number of benzene rings is 3. The number of hydrogen-bond acceptors (Lipinski definition) is 2. The molecule has 0 spiro atoms. The lowest BCUT2D eigenvalue weighted by molar-refractivity contribution is 0.341. The Balaban J connectivity index is 2.27. The summed E-state index contributed by atoms with van der Waals surface area (Å²) in [4.78, 5) is 0. The summed E-state index contributed by atoms with van der Waals surface area (Å²) >= 11 is 0. The van der Waals surface area contributed by atoms with Gasteiger partial charge in [0.05, 0.1) is 6.61 Å². The highest BCUT2D eigenvalue weighted by Gasteiger charge is 2.26. The van der Waals surface area contributed by atoms with Crippen LogP contribution in [0, 0.1) is 0 Å². The van der Waals surface area contributed by atoms with Crippen LogP contribution in [0.3, 0.4) is 0 Å². The molecule has 3 rings (SSSR count). The van der Waals surface area contributed by atoms with Crippen LogP contribution in [0.4, 0.5) is 0 Å². The van der Waals surface area contributed by atoms with Gasteiger partial charge in [-0.3, -0.25) is 4.57 Å². The lowest BCUT2D eigenvalue weighted by atomic mass is 9.98. The fourth-order valence-corrected chi connectivity index (χ4v) is 4.95. The molecule has 0 aliphatic heterocycles. The first-order valence-corrected chi connectivity index (χ1v) is 9.82. The van der Waals surface area contributed by atoms with Gasteiger partial charge in [0.15, 0.2) is 0 Å². The zero-order chi connectivity index (χ0) is 16.3. The molecular formula is C20H21O2P. The molecule has 0 saturated heterocycles. The van der Waals surface area contributed by atoms with Gasteiger partial charge in [-0.1, -0.05) is 67.6 Å². The Morgan fingerprint density at radius 3 is 2.26 bits per heavy atom. The molecule has 1 unspecified atom stereocenters. The minimum atomic E-state index is -2.83. The van der Waals surface area contributed by atoms with Gasteiger partial charge in [-0.2, -0.15) is 0 Å². The summed E-state index contributed by atoms with van der Waals surface area (Å²) in [5.74, 6) is 0. The maximum absolute atomic E-state index is 13.3. The fraction of sp³-hybridized carbons (Fsp3) is 0.200. The summed E-state index contributed by atoms with van der Waals surface area (Å²) in [5.41, 5.74) is 2.11. The second-order valence-electron chi connectivity index (χ2n) is 5.45. The van der Waals surface area contributed by atoms with Gasteiger partial charge in [-0.25, -0.2) is 0 Å². The molecule has 0 aromatic heterocycles. The van der Waals surface area contributed by atoms with E-state index >= 15 is 0 Å². The molecule has 1 atom stereocenters. The van der Waals surface area contributed by atoms with Crippen LogP contribution in [-0.4, -0.2) is 12.8 Å². The fourth-order valence-electron chi connectivity index (χ4n) is 3.00. The molecule has 0 bridgehead atoms. The van der Waals surface area contributed by atoms with Crippen LogP contribution >= 0.6 is 7.37 Å². The van der Waals surface area contributed by atoms with Crippen LogP contribution in [0.25, 0.3) is 21.9 Å². The van der Waals surface area contributed by atoms with E-state index in [2.05, 4.69) is 24.3 Å². The summed E-state index contributed by atoms with van der Waals surface area (Å²) in [7, 11) is -2.83. The lowest BCUT2D eigenvalue weighted by Gasteiger charge is -2.20. The summed E-state index contributed by atoms with van der Waals surface area (Å²) in [6, 6.07) is 22.4. The molecule has 0 N–H and O–H groups in total. The van der Waals surface area contributed by atoms with Crippen LogP contribution in [0.5, 0.6) is 0 Å². The van der Waals surface area contributed by atoms with Gasteiger partial charge in [-0.15, -0.1) is 0 Å². The first-order chi connectivity index (χ1) is 11.2. The Labute approximate surface area is 137 Å². The highest BCUT2D eigenvalue weighted by Crippen LogP contribution is 2.48. The normalized spacial score (nSPS) is 13.8. The molecular weight excluding hydrogens is 303 g/mol. The average Bonchev–Trinajstić information content (AvgIpc) is 2.61. The minimum Gasteiger partial charge on any atom is -0.326 e. The van der Waals surface area contributed by atoms with Crippen LogP contribution in [0.15, 0.2) is 66.7 Å². The van der Waals surface area contributed by atoms with E-state index < -0.39 is 7.37 Å². The molecule has 0 amide bonds. The third-order valence-electron chi connectivity index (χ3n) is 4.10. The van der Waals surface area contributed by atoms with Crippen molar-refractivity contribution in [3.8, 4) is 11.1 Å². The van der Waals surface area contributed by atoms with Crippen molar-refractivity contribution >= 4 is 23.4 Å². The van der Waals surface area contributed by atoms with Gasteiger partial charge in [0.2, 0.25) is 7.37 Å². The molecule has 0 aliphatic carbocycles. The van der Waals surface area contributed by atoms with Crippen LogP contribution in [-0.2, 0) is 9.09 Å². The maximum atomic E-state index is 13.3. The molecule has 3 heteroatoms. The minimum absolute atomic E-state index is 0.453. The first kappa shape index (κ1) is 16.0. The van der Waals surface area contributed by atoms with E-state index in [1.165, 1.54) is 10.8 Å². The van der Waals surface area contributed by atoms with Crippen LogP contribution in [0.2, 0.25) is 0 Å². The molecule has 0 heterocycles. The van der Waals surface area contributed by atoms with E-state index in [1.54, 1.807) is 0 Å². The molecule has 3 aromatic carbocycles. The molecule has 0 fully saturated rings. The van der Waals surface area contributed by atoms with Crippen molar-refractivity contribution in [2.75, 3.05) is 12.8 Å². The molecule has 2 nitrogen and oxygen atoms in total. The number of fused-ring (bicyclic) bond motifs is 1. The summed E-state index contributed by atoms with van der Waals surface area (Å²) < 4.78 is 19.0. The van der Waals surface area contributed by atoms with Gasteiger partial charge in [-0.05, 0) is 34.9 Å². The Morgan fingerprint density at radius 2 is 1.48 bits per heavy atom. The van der Waals surface area contributed by atoms with E-state index in [-0.39, 0.29) is 0 Å². The summed E-state index contributed by atoms with van der Waals surface area (Å²) in [6.45, 7) is 4.27. The Kier molecular flexibility index (Phi) is 4.66. The Hall–Kier alpha value is -1.89. The van der Waals surface area contributed by atoms with Gasteiger partial charge in [0.1, 0.15) is 0 Å². The van der Waals surface area contributed by atoms with E-state index in [1.807, 2.05) is 56.3 Å². The standard InChI is InChI=1S/C20H21O2P/c1-3-22-23(21,4-2)20-15-8-7-13-19(20)18-14-9-11-16-10-5-6-12-17(16)18/h5-15H,3-4H2,1-2H3. The average molecular weight is 324 g/mol. The van der Waals surface area contributed by atoms with Gasteiger partial charge in [0, 0.05) is 11.5 Å². The third-order valence-corrected chi connectivity index (χ3v) is 6.74. The molecule has 0 aliphatic rings. The quantitative estimate of drug-likeness (QED) is 0.582. The molecule has 23 heavy (non-hydrogen) atoms. The highest BCUT2D eigenvalue weighted by molar-refractivity contribution is 7.67. The van der Waals surface area contributed by atoms with E-state index in [0.717, 1.165) is 16.4 Å². The number of hydrogen-bond donors (Lipinski definition) is 0. The second kappa shape index (κ2) is 6.70. The largest absolute Gasteiger partial charge is 0.326 e. The van der Waals surface area contributed by atoms with E-state index in [9.17, 15) is 4.57 Å². The van der Waals surface area contributed by atoms with Crippen molar-refractivity contribution in [2.45, 2.75) is 13.8 Å². The van der Waals surface area contributed by atoms with Crippen molar-refractivity contribution in [1.29, 1.82) is 0 Å². The van der Waals surface area contributed by atoms with E-state index in [4.69, 9.17) is 4.52 Å². The third kappa shape index (κ3) is 2.97. The van der Waals surface area contributed by atoms with Crippen molar-refractivity contribution in [1.82, 2.24) is 0 Å². The van der Waals surface area contributed by atoms with Gasteiger partial charge in [0.25, 0.3) is 0 Å². The van der Waals surface area contributed by atoms with Crippen molar-refractivity contribution in [2.24, 2.45) is 0 Å². The van der Waals surface area contributed by atoms with Crippen LogP contribution in [0.1, 0.15) is 13.8 Å². The zero-order valence-electron chi connectivity index (χ0n) is 13.5. The predicted octanol–water partition coefficient (Wildman–Crippen LogP) is 5.47. The zero-order valence-corrected chi connectivity index (χ0v) is 14.4. The molecule has 118 valence electrons. The second-order valence-corrected chi connectivity index (χ2v) is 8.17. The van der Waals surface area contributed by atoms with Crippen molar-refractivity contribution in [3.63, 3.8) is 0 Å². The monoisotopic (exact) mass is 324 g/mol. The number of rotatable bonds is 5. The summed E-state index contributed by atoms with van der Waals surface area (Å²) in [6.07, 6.45) is 0.503. The van der Waals surface area contributed by atoms with E-state index in [0.29, 0.717) is 12.8 Å². The predicted molar refractivity (Wildman–Crippen MR) is 98.8 cm³/mol. The first-order valence-electron chi connectivity index (χ1n) is 8.01. The Morgan fingerprint density at radius 1 is 0.826 bits per heavy atom. The molecule has 0 saturated carbocycles. The van der Waals surface area contributed by atoms with Crippen molar-refractivity contribution < 1.29 is 9.09 Å². The highest BCUT2D eigenvalue weighted by atomic mass is 31.2. The van der Waals surface area contributed by atoms with Gasteiger partial charge >= 0.3 is 0 Å². The van der Waals surface area contributed by atoms with Crippen LogP contribution < -0.4 is 5.30 Å². The lowest BCUT2D eigenvalue weighted by Crippen LogP contribution is -2.12. The SMILES string of the molecule is CCOP(=O)(CC)c1ccccc1-c1cccc2ccccc12. The summed E-state index contributed by atoms with van der Waals surface area (Å²) in [5, 5.41) is 3.17. The smallest absolute Gasteiger partial charge is 0.232 e. The van der Waals surface area contributed by atoms with Gasteiger partial charge < -0.3 is 4.52 Å². The molecule has 3 aromatic rings. The molecule has 0 radical (unpaired) electrons. The maximum Gasteiger partial charge on any atom is 0.232 e. The Bertz CT molecular complexity index is 865. The topological polar surface area (TPSA) is 26.3 Å².